The number of aromatic nitrogens is 1. The summed E-state index contributed by atoms with van der Waals surface area (Å²) in [4.78, 5) is 0. The Bertz CT molecular complexity index is 766. The number of halogens is 3. The summed E-state index contributed by atoms with van der Waals surface area (Å²) in [6.45, 7) is 6.65. The van der Waals surface area contributed by atoms with E-state index in [1.807, 2.05) is 0 Å². The maximum Gasteiger partial charge on any atom is 0.485 e. The molecule has 1 aromatic carbocycles. The van der Waals surface area contributed by atoms with E-state index in [4.69, 9.17) is 13.0 Å². The van der Waals surface area contributed by atoms with E-state index in [0.717, 1.165) is 0 Å². The van der Waals surface area contributed by atoms with Gasteiger partial charge in [0.05, 0.1) is 0 Å². The molecule has 2 aromatic rings. The van der Waals surface area contributed by atoms with Gasteiger partial charge in [0.15, 0.2) is 10.1 Å². The van der Waals surface area contributed by atoms with Crippen LogP contribution in [0.25, 0.3) is 8.92 Å². The summed E-state index contributed by atoms with van der Waals surface area (Å²) >= 11 is -0.0466. The van der Waals surface area contributed by atoms with E-state index >= 15 is 0 Å². The van der Waals surface area contributed by atoms with Crippen LogP contribution >= 0.6 is 0 Å². The largest absolute Gasteiger partial charge is 0.741 e. The molecule has 0 atom stereocenters. The summed E-state index contributed by atoms with van der Waals surface area (Å²) < 4.78 is 64.4. The van der Waals surface area contributed by atoms with Crippen LogP contribution in [-0.2, 0) is 17.2 Å². The van der Waals surface area contributed by atoms with Crippen LogP contribution < -0.4 is 4.57 Å². The molecule has 0 aliphatic rings. The van der Waals surface area contributed by atoms with Gasteiger partial charge in [-0.3, -0.25) is 0 Å². The van der Waals surface area contributed by atoms with Crippen molar-refractivity contribution in [3.63, 3.8) is 0 Å². The van der Waals surface area contributed by atoms with Crippen molar-refractivity contribution < 1.29 is 30.7 Å². The topological polar surface area (TPSA) is 61.1 Å². The van der Waals surface area contributed by atoms with Crippen LogP contribution in [0, 0.1) is 20.8 Å². The van der Waals surface area contributed by atoms with Crippen molar-refractivity contribution >= 4 is 39.5 Å². The molecule has 0 fully saturated rings. The zero-order chi connectivity index (χ0) is 16.6. The Labute approximate surface area is 130 Å². The van der Waals surface area contributed by atoms with Crippen LogP contribution in [0.5, 0.6) is 0 Å². The number of nitrogens with zero attached hydrogens (tertiary/aromatic N) is 1. The van der Waals surface area contributed by atoms with E-state index in [2.05, 4.69) is 44.5 Å². The number of fused-ring (bicyclic) bond motifs is 1. The number of alkyl halides is 3. The average Bonchev–Trinajstić information content (AvgIpc) is 2.55. The third-order valence-corrected chi connectivity index (χ3v) is 6.70. The Balaban J connectivity index is 0.000000240. The first kappa shape index (κ1) is 18.4. The second kappa shape index (κ2) is 6.24. The smallest absolute Gasteiger partial charge is 0.485 e. The molecule has 0 spiro atoms. The van der Waals surface area contributed by atoms with Crippen LogP contribution in [-0.4, -0.2) is 38.9 Å². The van der Waals surface area contributed by atoms with Crippen LogP contribution in [0.15, 0.2) is 12.1 Å². The molecular weight excluding hydrogens is 423 g/mol. The quantitative estimate of drug-likeness (QED) is 0.273. The molecule has 0 radical (unpaired) electrons. The van der Waals surface area contributed by atoms with Crippen LogP contribution in [0.4, 0.5) is 13.2 Å². The first-order chi connectivity index (χ1) is 9.34. The molecule has 0 unspecified atom stereocenters. The van der Waals surface area contributed by atoms with Gasteiger partial charge in [0.25, 0.3) is 0 Å². The van der Waals surface area contributed by atoms with Gasteiger partial charge in [-0.25, -0.2) is 8.42 Å². The molecule has 2 rings (SSSR count). The van der Waals surface area contributed by atoms with Gasteiger partial charge in [-0.15, -0.1) is 0 Å². The van der Waals surface area contributed by atoms with Gasteiger partial charge in [-0.1, -0.05) is 0 Å². The molecule has 0 saturated heterocycles. The van der Waals surface area contributed by atoms with E-state index in [1.54, 1.807) is 7.11 Å². The molecule has 4 nitrogen and oxygen atoms in total. The molecule has 0 aliphatic heterocycles. The van der Waals surface area contributed by atoms with Crippen molar-refractivity contribution in [1.29, 1.82) is 0 Å². The Morgan fingerprint density at radius 2 is 1.57 bits per heavy atom. The van der Waals surface area contributed by atoms with Gasteiger partial charge >= 0.3 is 94.2 Å². The standard InChI is InChI=1S/C11H14NTe.CHF3O3S/c1-7-5-10-11(6-8(7)2)13-9(3)12(10)4;2-1(3,4)8(5,6)7/h5-6H,1-4H3;(H,5,6,7)/q+1;/p-1. The monoisotopic (exact) mass is 439 g/mol. The fourth-order valence-electron chi connectivity index (χ4n) is 1.52. The second-order valence-electron chi connectivity index (χ2n) is 4.48. The minimum Gasteiger partial charge on any atom is -0.741 e. The number of rotatable bonds is 0. The van der Waals surface area contributed by atoms with Crippen LogP contribution in [0.1, 0.15) is 14.8 Å². The van der Waals surface area contributed by atoms with Crippen molar-refractivity contribution in [2.45, 2.75) is 26.3 Å². The van der Waals surface area contributed by atoms with Crippen molar-refractivity contribution in [3.8, 4) is 0 Å². The Kier molecular flexibility index (Phi) is 5.48. The van der Waals surface area contributed by atoms with Crippen molar-refractivity contribution in [3.05, 3.63) is 27.0 Å². The third kappa shape index (κ3) is 4.42. The summed E-state index contributed by atoms with van der Waals surface area (Å²) in [5.41, 5.74) is -1.35. The number of benzene rings is 1. The van der Waals surface area contributed by atoms with E-state index in [-0.39, 0.29) is 20.4 Å². The van der Waals surface area contributed by atoms with Crippen molar-refractivity contribution in [2.75, 3.05) is 0 Å². The van der Waals surface area contributed by atoms with Gasteiger partial charge in [0, 0.05) is 0 Å². The van der Waals surface area contributed by atoms with Crippen molar-refractivity contribution in [2.24, 2.45) is 7.05 Å². The molecule has 0 bridgehead atoms. The SMILES string of the molecule is Cc1cc2[te]c(C)[n+](C)c2cc1C.O=S(=O)([O-])C(F)(F)F. The van der Waals surface area contributed by atoms with Crippen molar-refractivity contribution in [1.82, 2.24) is 0 Å². The molecule has 1 heterocycles. The summed E-state index contributed by atoms with van der Waals surface area (Å²) in [5, 5.41) is 0. The van der Waals surface area contributed by atoms with Gasteiger partial charge < -0.3 is 4.55 Å². The number of aryl methyl sites for hydroxylation is 4. The third-order valence-electron chi connectivity index (χ3n) is 2.95. The maximum absolute atomic E-state index is 10.7. The Morgan fingerprint density at radius 3 is 2.00 bits per heavy atom. The zero-order valence-corrected chi connectivity index (χ0v) is 14.9. The van der Waals surface area contributed by atoms with E-state index in [0.29, 0.717) is 0 Å². The van der Waals surface area contributed by atoms with E-state index < -0.39 is 15.6 Å². The summed E-state index contributed by atoms with van der Waals surface area (Å²) in [7, 11) is -3.91. The molecule has 9 heteroatoms. The Hall–Kier alpha value is -0.620. The maximum atomic E-state index is 10.7. The van der Waals surface area contributed by atoms with Gasteiger partial charge in [0.1, 0.15) is 0 Å². The molecule has 1 aromatic heterocycles. The summed E-state index contributed by atoms with van der Waals surface area (Å²) in [5.74, 6) is 0. The normalized spacial score (nSPS) is 12.2. The molecule has 0 N–H and O–H groups in total. The fraction of sp³-hybridized carbons (Fsp3) is 0.417. The molecule has 21 heavy (non-hydrogen) atoms. The molecule has 118 valence electrons. The number of hydrogen-bond acceptors (Lipinski definition) is 3. The average molecular weight is 437 g/mol. The summed E-state index contributed by atoms with van der Waals surface area (Å²) in [6, 6.07) is 4.70. The minimum atomic E-state index is -6.09. The van der Waals surface area contributed by atoms with Gasteiger partial charge in [-0.2, -0.15) is 13.2 Å². The van der Waals surface area contributed by atoms with Crippen LogP contribution in [0.2, 0.25) is 0 Å². The predicted octanol–water partition coefficient (Wildman–Crippen LogP) is 1.70. The zero-order valence-electron chi connectivity index (χ0n) is 11.8. The minimum absolute atomic E-state index is 0.0466. The predicted molar refractivity (Wildman–Crippen MR) is 72.0 cm³/mol. The first-order valence-electron chi connectivity index (χ1n) is 5.73. The molecule has 0 saturated carbocycles. The number of hydrogen-bond donors (Lipinski definition) is 0. The van der Waals surface area contributed by atoms with E-state index in [1.165, 1.54) is 16.6 Å². The van der Waals surface area contributed by atoms with Crippen LogP contribution in [0.3, 0.4) is 0 Å². The molecular formula is C12H14F3NO3STe. The van der Waals surface area contributed by atoms with E-state index in [9.17, 15) is 13.2 Å². The van der Waals surface area contributed by atoms with Gasteiger partial charge in [0.2, 0.25) is 0 Å². The molecule has 0 amide bonds. The second-order valence-corrected chi connectivity index (χ2v) is 9.38. The summed E-state index contributed by atoms with van der Waals surface area (Å²) in [6.07, 6.45) is 0. The Morgan fingerprint density at radius 1 is 1.14 bits per heavy atom. The fourth-order valence-corrected chi connectivity index (χ4v) is 4.63. The van der Waals surface area contributed by atoms with Gasteiger partial charge in [-0.05, 0) is 0 Å². The molecule has 0 aliphatic carbocycles. The first-order valence-corrected chi connectivity index (χ1v) is 9.47.